The van der Waals surface area contributed by atoms with Gasteiger partial charge in [0, 0.05) is 22.7 Å². The van der Waals surface area contributed by atoms with E-state index in [0.29, 0.717) is 18.2 Å². The van der Waals surface area contributed by atoms with Crippen molar-refractivity contribution in [2.45, 2.75) is 6.10 Å². The van der Waals surface area contributed by atoms with E-state index in [1.54, 1.807) is 0 Å². The van der Waals surface area contributed by atoms with Crippen molar-refractivity contribution in [3.63, 3.8) is 0 Å². The van der Waals surface area contributed by atoms with Gasteiger partial charge < -0.3 is 15.2 Å². The van der Waals surface area contributed by atoms with E-state index in [1.165, 1.54) is 0 Å². The van der Waals surface area contributed by atoms with E-state index >= 15 is 0 Å². The lowest BCUT2D eigenvalue weighted by Gasteiger charge is -2.27. The molecule has 0 radical (unpaired) electrons. The number of fused-ring (bicyclic) bond motifs is 1. The number of nitrogens with two attached hydrogens (primary N) is 1. The SMILES string of the molecule is NC[C@@H]1COc2cccc(-c3ccccc3Cl)c2O1. The van der Waals surface area contributed by atoms with E-state index < -0.39 is 0 Å². The Morgan fingerprint density at radius 1 is 1.11 bits per heavy atom. The highest BCUT2D eigenvalue weighted by atomic mass is 35.5. The molecule has 0 saturated carbocycles. The van der Waals surface area contributed by atoms with Gasteiger partial charge in [-0.2, -0.15) is 0 Å². The first-order chi connectivity index (χ1) is 9.29. The summed E-state index contributed by atoms with van der Waals surface area (Å²) in [5.41, 5.74) is 7.51. The third-order valence-corrected chi connectivity index (χ3v) is 3.44. The summed E-state index contributed by atoms with van der Waals surface area (Å²) in [6.07, 6.45) is -0.115. The number of halogens is 1. The first-order valence-corrected chi connectivity index (χ1v) is 6.55. The molecule has 0 aromatic heterocycles. The van der Waals surface area contributed by atoms with Crippen LogP contribution in [0.4, 0.5) is 0 Å². The molecule has 1 atom stereocenters. The number of ether oxygens (including phenoxy) is 2. The average molecular weight is 276 g/mol. The van der Waals surface area contributed by atoms with Crippen molar-refractivity contribution in [1.82, 2.24) is 0 Å². The maximum Gasteiger partial charge on any atom is 0.169 e. The van der Waals surface area contributed by atoms with Crippen molar-refractivity contribution in [2.24, 2.45) is 5.73 Å². The average Bonchev–Trinajstić information content (AvgIpc) is 2.47. The Kier molecular flexibility index (Phi) is 3.32. The minimum atomic E-state index is -0.115. The standard InChI is InChI=1S/C15H14ClNO2/c16-13-6-2-1-4-11(13)12-5-3-7-14-15(12)19-10(8-17)9-18-14/h1-7,10H,8-9,17H2/t10-/m1/s1. The molecule has 3 rings (SSSR count). The Balaban J connectivity index is 2.11. The van der Waals surface area contributed by atoms with Crippen LogP contribution >= 0.6 is 11.6 Å². The molecule has 2 aromatic carbocycles. The fourth-order valence-corrected chi connectivity index (χ4v) is 2.38. The van der Waals surface area contributed by atoms with Crippen molar-refractivity contribution in [2.75, 3.05) is 13.2 Å². The molecule has 0 amide bonds. The maximum atomic E-state index is 6.25. The Morgan fingerprint density at radius 2 is 1.89 bits per heavy atom. The second kappa shape index (κ2) is 5.11. The van der Waals surface area contributed by atoms with Crippen LogP contribution in [0.25, 0.3) is 11.1 Å². The van der Waals surface area contributed by atoms with Crippen LogP contribution in [0, 0.1) is 0 Å². The molecule has 4 heteroatoms. The summed E-state index contributed by atoms with van der Waals surface area (Å²) in [6, 6.07) is 13.5. The predicted molar refractivity (Wildman–Crippen MR) is 75.9 cm³/mol. The number of hydrogen-bond donors (Lipinski definition) is 1. The van der Waals surface area contributed by atoms with E-state index in [9.17, 15) is 0 Å². The van der Waals surface area contributed by atoms with Crippen LogP contribution in [-0.4, -0.2) is 19.3 Å². The van der Waals surface area contributed by atoms with Gasteiger partial charge in [0.05, 0.1) is 0 Å². The van der Waals surface area contributed by atoms with Crippen LogP contribution in [0.5, 0.6) is 11.5 Å². The highest BCUT2D eigenvalue weighted by Gasteiger charge is 2.23. The summed E-state index contributed by atoms with van der Waals surface area (Å²) in [6.45, 7) is 0.909. The van der Waals surface area contributed by atoms with E-state index in [-0.39, 0.29) is 6.10 Å². The van der Waals surface area contributed by atoms with Gasteiger partial charge in [-0.15, -0.1) is 0 Å². The number of rotatable bonds is 2. The maximum absolute atomic E-state index is 6.25. The summed E-state index contributed by atoms with van der Waals surface area (Å²) in [7, 11) is 0. The Hall–Kier alpha value is -1.71. The van der Waals surface area contributed by atoms with Gasteiger partial charge in [0.1, 0.15) is 12.7 Å². The third kappa shape index (κ3) is 2.27. The monoisotopic (exact) mass is 275 g/mol. The number of para-hydroxylation sites is 1. The molecule has 1 aliphatic rings. The summed E-state index contributed by atoms with van der Waals surface area (Å²) in [4.78, 5) is 0. The Labute approximate surface area is 116 Å². The summed E-state index contributed by atoms with van der Waals surface area (Å²) < 4.78 is 11.6. The highest BCUT2D eigenvalue weighted by Crippen LogP contribution is 2.42. The van der Waals surface area contributed by atoms with E-state index in [0.717, 1.165) is 22.6 Å². The Morgan fingerprint density at radius 3 is 2.68 bits per heavy atom. The van der Waals surface area contributed by atoms with Gasteiger partial charge in [0.2, 0.25) is 0 Å². The van der Waals surface area contributed by atoms with Gasteiger partial charge in [-0.1, -0.05) is 41.9 Å². The first-order valence-electron chi connectivity index (χ1n) is 6.17. The van der Waals surface area contributed by atoms with Gasteiger partial charge >= 0.3 is 0 Å². The lowest BCUT2D eigenvalue weighted by atomic mass is 10.0. The van der Waals surface area contributed by atoms with Crippen LogP contribution < -0.4 is 15.2 Å². The molecule has 1 heterocycles. The van der Waals surface area contributed by atoms with Crippen LogP contribution in [0.2, 0.25) is 5.02 Å². The topological polar surface area (TPSA) is 44.5 Å². The Bertz CT molecular complexity index is 600. The largest absolute Gasteiger partial charge is 0.486 e. The van der Waals surface area contributed by atoms with Gasteiger partial charge in [-0.05, 0) is 12.1 Å². The van der Waals surface area contributed by atoms with E-state index in [1.807, 2.05) is 42.5 Å². The molecule has 0 spiro atoms. The van der Waals surface area contributed by atoms with Crippen LogP contribution in [0.1, 0.15) is 0 Å². The lowest BCUT2D eigenvalue weighted by Crippen LogP contribution is -2.35. The zero-order valence-electron chi connectivity index (χ0n) is 10.3. The van der Waals surface area contributed by atoms with Crippen LogP contribution in [-0.2, 0) is 0 Å². The first kappa shape index (κ1) is 12.3. The highest BCUT2D eigenvalue weighted by molar-refractivity contribution is 6.33. The van der Waals surface area contributed by atoms with Gasteiger partial charge in [0.15, 0.2) is 11.5 Å². The molecule has 2 aromatic rings. The molecule has 2 N–H and O–H groups in total. The second-order valence-electron chi connectivity index (χ2n) is 4.40. The molecule has 0 fully saturated rings. The van der Waals surface area contributed by atoms with Gasteiger partial charge in [0.25, 0.3) is 0 Å². The zero-order valence-corrected chi connectivity index (χ0v) is 11.1. The number of hydrogen-bond acceptors (Lipinski definition) is 3. The number of benzene rings is 2. The quantitative estimate of drug-likeness (QED) is 0.916. The lowest BCUT2D eigenvalue weighted by molar-refractivity contribution is 0.0976. The molecule has 98 valence electrons. The fraction of sp³-hybridized carbons (Fsp3) is 0.200. The summed E-state index contributed by atoms with van der Waals surface area (Å²) in [5, 5.41) is 0.689. The van der Waals surface area contributed by atoms with E-state index in [2.05, 4.69) is 0 Å². The van der Waals surface area contributed by atoms with Crippen molar-refractivity contribution >= 4 is 11.6 Å². The normalized spacial score (nSPS) is 17.3. The van der Waals surface area contributed by atoms with Crippen molar-refractivity contribution in [1.29, 1.82) is 0 Å². The molecular weight excluding hydrogens is 262 g/mol. The molecule has 0 bridgehead atoms. The molecule has 0 saturated heterocycles. The molecule has 1 aliphatic heterocycles. The van der Waals surface area contributed by atoms with E-state index in [4.69, 9.17) is 26.8 Å². The van der Waals surface area contributed by atoms with Gasteiger partial charge in [-0.3, -0.25) is 0 Å². The molecule has 0 unspecified atom stereocenters. The minimum absolute atomic E-state index is 0.115. The van der Waals surface area contributed by atoms with Crippen molar-refractivity contribution < 1.29 is 9.47 Å². The zero-order chi connectivity index (χ0) is 13.2. The minimum Gasteiger partial charge on any atom is -0.486 e. The molecule has 0 aliphatic carbocycles. The summed E-state index contributed by atoms with van der Waals surface area (Å²) >= 11 is 6.25. The summed E-state index contributed by atoms with van der Waals surface area (Å²) in [5.74, 6) is 1.46. The molecule has 3 nitrogen and oxygen atoms in total. The van der Waals surface area contributed by atoms with Crippen LogP contribution in [0.15, 0.2) is 42.5 Å². The smallest absolute Gasteiger partial charge is 0.169 e. The van der Waals surface area contributed by atoms with Crippen molar-refractivity contribution in [3.05, 3.63) is 47.5 Å². The molecular formula is C15H14ClNO2. The molecule has 19 heavy (non-hydrogen) atoms. The second-order valence-corrected chi connectivity index (χ2v) is 4.81. The van der Waals surface area contributed by atoms with Crippen LogP contribution in [0.3, 0.4) is 0 Å². The predicted octanol–water partition coefficient (Wildman–Crippen LogP) is 3.11. The fourth-order valence-electron chi connectivity index (χ4n) is 2.14. The third-order valence-electron chi connectivity index (χ3n) is 3.12. The van der Waals surface area contributed by atoms with Crippen molar-refractivity contribution in [3.8, 4) is 22.6 Å². The van der Waals surface area contributed by atoms with Gasteiger partial charge in [-0.25, -0.2) is 0 Å².